The van der Waals surface area contributed by atoms with Crippen LogP contribution in [0.25, 0.3) is 10.9 Å². The lowest BCUT2D eigenvalue weighted by molar-refractivity contribution is 0.475. The molecule has 2 aromatic carbocycles. The maximum Gasteiger partial charge on any atom is 0.117 e. The van der Waals surface area contributed by atoms with Crippen LogP contribution in [-0.4, -0.2) is 20.2 Å². The van der Waals surface area contributed by atoms with E-state index in [1.54, 1.807) is 24.4 Å². The van der Waals surface area contributed by atoms with E-state index in [-0.39, 0.29) is 5.75 Å². The molecule has 0 aliphatic heterocycles. The van der Waals surface area contributed by atoms with Crippen molar-refractivity contribution >= 4 is 44.0 Å². The summed E-state index contributed by atoms with van der Waals surface area (Å²) in [5.74, 6) is 3.57. The fraction of sp³-hybridized carbons (Fsp3) is 0.0588. The third-order valence-electron chi connectivity index (χ3n) is 3.42. The highest BCUT2D eigenvalue weighted by molar-refractivity contribution is 7.72. The van der Waals surface area contributed by atoms with Crippen LogP contribution in [0.1, 0.15) is 5.56 Å². The van der Waals surface area contributed by atoms with Crippen LogP contribution < -0.4 is 5.32 Å². The molecule has 2 N–H and O–H groups in total. The quantitative estimate of drug-likeness (QED) is 0.714. The Balaban J connectivity index is 2.13. The summed E-state index contributed by atoms with van der Waals surface area (Å²) in [6.07, 6.45) is 1.71. The van der Waals surface area contributed by atoms with E-state index in [2.05, 4.69) is 20.5 Å². The molecule has 6 heteroatoms. The Morgan fingerprint density at radius 3 is 2.78 bits per heavy atom. The van der Waals surface area contributed by atoms with Crippen LogP contribution in [0, 0.1) is 6.92 Å². The predicted octanol–water partition coefficient (Wildman–Crippen LogP) is 3.99. The molecule has 0 spiro atoms. The van der Waals surface area contributed by atoms with Crippen LogP contribution in [-0.2, 0) is 10.2 Å². The molecule has 5 nitrogen and oxygen atoms in total. The standard InChI is InChI=1S/C17H15N3O2S/c1-11-3-5-13(21)10-17(11)19-16-7-8-18-15-6-4-12(9-14(15)16)20-23(2)22/h3-10,21H,2H2,1H3,(H,18,19). The molecule has 0 saturated heterocycles. The molecule has 23 heavy (non-hydrogen) atoms. The van der Waals surface area contributed by atoms with E-state index in [9.17, 15) is 9.32 Å². The van der Waals surface area contributed by atoms with Crippen LogP contribution >= 0.6 is 0 Å². The first-order chi connectivity index (χ1) is 11.0. The summed E-state index contributed by atoms with van der Waals surface area (Å²) in [7, 11) is -1.51. The van der Waals surface area contributed by atoms with Crippen molar-refractivity contribution in [2.24, 2.45) is 4.36 Å². The first-order valence-corrected chi connectivity index (χ1v) is 8.19. The Morgan fingerprint density at radius 2 is 2.00 bits per heavy atom. The van der Waals surface area contributed by atoms with Gasteiger partial charge in [-0.15, -0.1) is 0 Å². The number of aromatic nitrogens is 1. The van der Waals surface area contributed by atoms with Crippen molar-refractivity contribution in [3.63, 3.8) is 0 Å². The van der Waals surface area contributed by atoms with Crippen molar-refractivity contribution in [2.75, 3.05) is 5.32 Å². The minimum Gasteiger partial charge on any atom is -0.508 e. The Hall–Kier alpha value is -2.86. The number of anilines is 2. The number of benzene rings is 2. The molecule has 0 fully saturated rings. The first-order valence-electron chi connectivity index (χ1n) is 6.92. The largest absolute Gasteiger partial charge is 0.508 e. The summed E-state index contributed by atoms with van der Waals surface area (Å²) in [5, 5.41) is 13.8. The lowest BCUT2D eigenvalue weighted by Crippen LogP contribution is -1.94. The second kappa shape index (κ2) is 6.10. The summed E-state index contributed by atoms with van der Waals surface area (Å²) >= 11 is 0. The fourth-order valence-electron chi connectivity index (χ4n) is 2.31. The molecule has 1 heterocycles. The van der Waals surface area contributed by atoms with Crippen molar-refractivity contribution < 1.29 is 9.32 Å². The minimum atomic E-state index is -1.51. The number of phenolic OH excluding ortho intramolecular Hbond substituents is 1. The van der Waals surface area contributed by atoms with E-state index >= 15 is 0 Å². The highest BCUT2D eigenvalue weighted by Crippen LogP contribution is 2.30. The van der Waals surface area contributed by atoms with Crippen molar-refractivity contribution in [1.29, 1.82) is 0 Å². The zero-order valence-corrected chi connectivity index (χ0v) is 13.3. The van der Waals surface area contributed by atoms with Gasteiger partial charge in [0.1, 0.15) is 5.75 Å². The van der Waals surface area contributed by atoms with E-state index in [0.29, 0.717) is 5.69 Å². The maximum atomic E-state index is 11.2. The molecule has 116 valence electrons. The summed E-state index contributed by atoms with van der Waals surface area (Å²) in [4.78, 5) is 4.32. The number of aromatic hydroxyl groups is 1. The van der Waals surface area contributed by atoms with Crippen LogP contribution in [0.4, 0.5) is 17.1 Å². The van der Waals surface area contributed by atoms with E-state index in [1.807, 2.05) is 31.2 Å². The smallest absolute Gasteiger partial charge is 0.117 e. The van der Waals surface area contributed by atoms with Gasteiger partial charge in [0.05, 0.1) is 21.4 Å². The molecule has 3 aromatic rings. The highest BCUT2D eigenvalue weighted by atomic mass is 32.2. The molecule has 3 rings (SSSR count). The van der Waals surface area contributed by atoms with Gasteiger partial charge in [0.15, 0.2) is 0 Å². The third-order valence-corrected chi connectivity index (χ3v) is 3.84. The average Bonchev–Trinajstić information content (AvgIpc) is 2.51. The molecule has 0 radical (unpaired) electrons. The van der Waals surface area contributed by atoms with Crippen LogP contribution in [0.15, 0.2) is 53.0 Å². The van der Waals surface area contributed by atoms with Crippen LogP contribution in [0.5, 0.6) is 5.75 Å². The molecule has 0 aliphatic rings. The lowest BCUT2D eigenvalue weighted by Gasteiger charge is -2.12. The van der Waals surface area contributed by atoms with E-state index in [0.717, 1.165) is 27.8 Å². The second-order valence-electron chi connectivity index (χ2n) is 5.10. The normalized spacial score (nSPS) is 10.5. The highest BCUT2D eigenvalue weighted by Gasteiger charge is 2.06. The van der Waals surface area contributed by atoms with Gasteiger partial charge in [0.2, 0.25) is 0 Å². The monoisotopic (exact) mass is 325 g/mol. The van der Waals surface area contributed by atoms with Gasteiger partial charge < -0.3 is 10.4 Å². The SMILES string of the molecule is C=S(=O)=Nc1ccc2nccc(Nc3cc(O)ccc3C)c2c1. The van der Waals surface area contributed by atoms with Gasteiger partial charge in [0, 0.05) is 34.9 Å². The molecule has 0 amide bonds. The zero-order chi connectivity index (χ0) is 16.4. The number of hydrogen-bond donors (Lipinski definition) is 2. The molecular weight excluding hydrogens is 310 g/mol. The summed E-state index contributed by atoms with van der Waals surface area (Å²) in [6.45, 7) is 1.96. The molecule has 0 atom stereocenters. The number of rotatable bonds is 3. The minimum absolute atomic E-state index is 0.194. The summed E-state index contributed by atoms with van der Waals surface area (Å²) in [6, 6.07) is 12.4. The Bertz CT molecular complexity index is 1020. The lowest BCUT2D eigenvalue weighted by atomic mass is 10.1. The van der Waals surface area contributed by atoms with E-state index in [1.165, 1.54) is 0 Å². The van der Waals surface area contributed by atoms with Gasteiger partial charge in [-0.3, -0.25) is 4.98 Å². The molecule has 0 unspecified atom stereocenters. The number of nitrogens with one attached hydrogen (secondary N) is 1. The average molecular weight is 325 g/mol. The van der Waals surface area contributed by atoms with Gasteiger partial charge in [-0.25, -0.2) is 4.21 Å². The first kappa shape index (κ1) is 15.1. The third kappa shape index (κ3) is 3.32. The van der Waals surface area contributed by atoms with Crippen LogP contribution in [0.2, 0.25) is 0 Å². The van der Waals surface area contributed by atoms with Crippen molar-refractivity contribution in [3.05, 3.63) is 54.2 Å². The van der Waals surface area contributed by atoms with E-state index < -0.39 is 10.2 Å². The van der Waals surface area contributed by atoms with Gasteiger partial charge in [-0.2, -0.15) is 4.36 Å². The summed E-state index contributed by atoms with van der Waals surface area (Å²) in [5.41, 5.74) is 4.01. The Morgan fingerprint density at radius 1 is 1.17 bits per heavy atom. The van der Waals surface area contributed by atoms with Crippen molar-refractivity contribution in [2.45, 2.75) is 6.92 Å². The number of pyridine rings is 1. The zero-order valence-electron chi connectivity index (χ0n) is 12.5. The van der Waals surface area contributed by atoms with Gasteiger partial charge in [0.25, 0.3) is 0 Å². The summed E-state index contributed by atoms with van der Waals surface area (Å²) < 4.78 is 15.1. The van der Waals surface area contributed by atoms with Gasteiger partial charge in [-0.1, -0.05) is 6.07 Å². The van der Waals surface area contributed by atoms with Gasteiger partial charge in [-0.05, 0) is 42.8 Å². The van der Waals surface area contributed by atoms with Gasteiger partial charge >= 0.3 is 0 Å². The van der Waals surface area contributed by atoms with Crippen LogP contribution in [0.3, 0.4) is 0 Å². The maximum absolute atomic E-state index is 11.2. The number of hydrogen-bond acceptors (Lipinski definition) is 5. The number of nitrogens with zero attached hydrogens (tertiary/aromatic N) is 2. The van der Waals surface area contributed by atoms with Crippen molar-refractivity contribution in [3.8, 4) is 5.75 Å². The number of phenols is 1. The molecule has 0 bridgehead atoms. The second-order valence-corrected chi connectivity index (χ2v) is 5.92. The Labute approximate surface area is 135 Å². The predicted molar refractivity (Wildman–Crippen MR) is 95.2 cm³/mol. The van der Waals surface area contributed by atoms with E-state index in [4.69, 9.17) is 0 Å². The Kier molecular flexibility index (Phi) is 3.99. The molecule has 1 aromatic heterocycles. The number of fused-ring (bicyclic) bond motifs is 1. The molecule has 0 saturated carbocycles. The topological polar surface area (TPSA) is 74.6 Å². The molecule has 0 aliphatic carbocycles. The van der Waals surface area contributed by atoms with Crippen molar-refractivity contribution in [1.82, 2.24) is 4.98 Å². The number of aryl methyl sites for hydroxylation is 1. The molecular formula is C17H15N3O2S. The fourth-order valence-corrected chi connectivity index (χ4v) is 2.66.